The highest BCUT2D eigenvalue weighted by molar-refractivity contribution is 5.85. The van der Waals surface area contributed by atoms with Crippen molar-refractivity contribution in [2.24, 2.45) is 5.92 Å². The van der Waals surface area contributed by atoms with Gasteiger partial charge in [0.2, 0.25) is 5.91 Å². The largest absolute Gasteiger partial charge is 0.484 e. The molecule has 0 saturated carbocycles. The summed E-state index contributed by atoms with van der Waals surface area (Å²) >= 11 is 0. The first-order valence-corrected chi connectivity index (χ1v) is 9.00. The summed E-state index contributed by atoms with van der Waals surface area (Å²) in [6, 6.07) is 8.30. The number of carboxylic acids is 1. The normalized spacial score (nSPS) is 16.0. The number of nitrogens with one attached hydrogen (secondary N) is 1. The molecular weight excluding hydrogens is 336 g/mol. The molecule has 2 amide bonds. The molecule has 26 heavy (non-hydrogen) atoms. The number of para-hydroxylation sites is 1. The van der Waals surface area contributed by atoms with E-state index in [1.807, 2.05) is 25.1 Å². The van der Waals surface area contributed by atoms with Crippen LogP contribution in [0.3, 0.4) is 0 Å². The molecule has 1 fully saturated rings. The number of likely N-dealkylation sites (tertiary alicyclic amines) is 1. The Kier molecular flexibility index (Phi) is 7.44. The highest BCUT2D eigenvalue weighted by Gasteiger charge is 2.29. The van der Waals surface area contributed by atoms with Gasteiger partial charge in [0.05, 0.1) is 0 Å². The zero-order valence-corrected chi connectivity index (χ0v) is 15.0. The van der Waals surface area contributed by atoms with Crippen molar-refractivity contribution in [1.29, 1.82) is 0 Å². The molecule has 1 saturated heterocycles. The van der Waals surface area contributed by atoms with Gasteiger partial charge in [-0.2, -0.15) is 0 Å². The number of amides is 2. The molecule has 2 N–H and O–H groups in total. The van der Waals surface area contributed by atoms with Gasteiger partial charge in [-0.05, 0) is 31.4 Å². The molecule has 0 aliphatic carbocycles. The van der Waals surface area contributed by atoms with Gasteiger partial charge in [-0.15, -0.1) is 0 Å². The van der Waals surface area contributed by atoms with E-state index >= 15 is 0 Å². The lowest BCUT2D eigenvalue weighted by molar-refractivity contribution is -0.143. The van der Waals surface area contributed by atoms with Gasteiger partial charge in [0.15, 0.2) is 6.61 Å². The lowest BCUT2D eigenvalue weighted by Gasteiger charge is -2.31. The zero-order valence-electron chi connectivity index (χ0n) is 15.0. The van der Waals surface area contributed by atoms with E-state index in [-0.39, 0.29) is 24.3 Å². The molecule has 0 spiro atoms. The molecule has 2 rings (SSSR count). The van der Waals surface area contributed by atoms with Crippen molar-refractivity contribution in [1.82, 2.24) is 10.2 Å². The molecule has 1 aliphatic heterocycles. The summed E-state index contributed by atoms with van der Waals surface area (Å²) in [4.78, 5) is 37.3. The van der Waals surface area contributed by atoms with Crippen LogP contribution < -0.4 is 10.1 Å². The topological polar surface area (TPSA) is 95.9 Å². The number of carboxylic acid groups (broad SMARTS) is 1. The summed E-state index contributed by atoms with van der Waals surface area (Å²) < 4.78 is 5.47. The van der Waals surface area contributed by atoms with Gasteiger partial charge in [0, 0.05) is 19.0 Å². The Morgan fingerprint density at radius 3 is 2.46 bits per heavy atom. The van der Waals surface area contributed by atoms with E-state index < -0.39 is 12.0 Å². The number of hydrogen-bond donors (Lipinski definition) is 2. The average Bonchev–Trinajstić information content (AvgIpc) is 2.66. The second-order valence-corrected chi connectivity index (χ2v) is 6.44. The van der Waals surface area contributed by atoms with Gasteiger partial charge in [-0.25, -0.2) is 4.79 Å². The summed E-state index contributed by atoms with van der Waals surface area (Å²) in [5.74, 6) is -0.968. The molecule has 0 aromatic heterocycles. The van der Waals surface area contributed by atoms with Crippen LogP contribution in [0.25, 0.3) is 0 Å². The Morgan fingerprint density at radius 2 is 1.88 bits per heavy atom. The Balaban J connectivity index is 1.76. The zero-order chi connectivity index (χ0) is 18.9. The van der Waals surface area contributed by atoms with Crippen LogP contribution in [0.2, 0.25) is 0 Å². The summed E-state index contributed by atoms with van der Waals surface area (Å²) in [7, 11) is 0. The minimum absolute atomic E-state index is 0.0293. The number of benzene rings is 1. The van der Waals surface area contributed by atoms with Crippen molar-refractivity contribution >= 4 is 17.8 Å². The number of nitrogens with zero attached hydrogens (tertiary/aromatic N) is 1. The molecule has 1 aliphatic rings. The Morgan fingerprint density at radius 1 is 1.23 bits per heavy atom. The number of aliphatic carboxylic acids is 1. The molecule has 0 radical (unpaired) electrons. The first kappa shape index (κ1) is 19.8. The van der Waals surface area contributed by atoms with Crippen LogP contribution in [0.4, 0.5) is 0 Å². The Labute approximate surface area is 153 Å². The molecule has 1 heterocycles. The number of carbonyl (C=O) groups is 3. The molecule has 7 nitrogen and oxygen atoms in total. The quantitative estimate of drug-likeness (QED) is 0.733. The molecule has 1 atom stereocenters. The Hall–Kier alpha value is -2.57. The van der Waals surface area contributed by atoms with Gasteiger partial charge in [-0.1, -0.05) is 31.5 Å². The molecule has 1 aromatic carbocycles. The van der Waals surface area contributed by atoms with Crippen molar-refractivity contribution in [2.45, 2.75) is 38.6 Å². The second-order valence-electron chi connectivity index (χ2n) is 6.44. The lowest BCUT2D eigenvalue weighted by atomic mass is 9.95. The fraction of sp³-hybridized carbons (Fsp3) is 0.526. The van der Waals surface area contributed by atoms with E-state index in [0.29, 0.717) is 44.5 Å². The van der Waals surface area contributed by atoms with Crippen molar-refractivity contribution in [3.63, 3.8) is 0 Å². The minimum atomic E-state index is -1.01. The van der Waals surface area contributed by atoms with Crippen LogP contribution in [0.5, 0.6) is 5.75 Å². The van der Waals surface area contributed by atoms with E-state index in [2.05, 4.69) is 5.32 Å². The summed E-state index contributed by atoms with van der Waals surface area (Å²) in [6.07, 6.45) is 2.16. The van der Waals surface area contributed by atoms with E-state index in [1.54, 1.807) is 17.0 Å². The van der Waals surface area contributed by atoms with Gasteiger partial charge >= 0.3 is 5.97 Å². The van der Waals surface area contributed by atoms with Crippen LogP contribution in [0, 0.1) is 5.92 Å². The maximum atomic E-state index is 12.3. The summed E-state index contributed by atoms with van der Waals surface area (Å²) in [6.45, 7) is 2.79. The van der Waals surface area contributed by atoms with Crippen LogP contribution in [0.1, 0.15) is 32.6 Å². The Bertz CT molecular complexity index is 612. The lowest BCUT2D eigenvalue weighted by Crippen LogP contribution is -2.48. The number of rotatable bonds is 8. The van der Waals surface area contributed by atoms with Crippen molar-refractivity contribution in [3.8, 4) is 5.75 Å². The molecule has 0 bridgehead atoms. The minimum Gasteiger partial charge on any atom is -0.484 e. The highest BCUT2D eigenvalue weighted by Crippen LogP contribution is 2.18. The van der Waals surface area contributed by atoms with Crippen LogP contribution >= 0.6 is 0 Å². The average molecular weight is 362 g/mol. The third-order valence-electron chi connectivity index (χ3n) is 4.52. The number of carbonyl (C=O) groups excluding carboxylic acids is 2. The van der Waals surface area contributed by atoms with Gasteiger partial charge in [0.25, 0.3) is 5.91 Å². The summed E-state index contributed by atoms with van der Waals surface area (Å²) in [5.41, 5.74) is 0. The fourth-order valence-electron chi connectivity index (χ4n) is 2.98. The van der Waals surface area contributed by atoms with E-state index in [4.69, 9.17) is 9.84 Å². The third-order valence-corrected chi connectivity index (χ3v) is 4.52. The SMILES string of the molecule is CCCC(NC(=O)C1CCN(C(=O)COc2ccccc2)CC1)C(=O)O. The van der Waals surface area contributed by atoms with E-state index in [9.17, 15) is 14.4 Å². The van der Waals surface area contributed by atoms with Crippen LogP contribution in [0.15, 0.2) is 30.3 Å². The first-order chi connectivity index (χ1) is 12.5. The third kappa shape index (κ3) is 5.75. The molecular formula is C19H26N2O5. The first-order valence-electron chi connectivity index (χ1n) is 9.00. The molecule has 1 aromatic rings. The molecule has 142 valence electrons. The van der Waals surface area contributed by atoms with Crippen molar-refractivity contribution in [3.05, 3.63) is 30.3 Å². The number of piperidine rings is 1. The van der Waals surface area contributed by atoms with E-state index in [1.165, 1.54) is 0 Å². The maximum Gasteiger partial charge on any atom is 0.326 e. The smallest absolute Gasteiger partial charge is 0.326 e. The van der Waals surface area contributed by atoms with Crippen molar-refractivity contribution < 1.29 is 24.2 Å². The van der Waals surface area contributed by atoms with Crippen LogP contribution in [-0.4, -0.2) is 53.5 Å². The second kappa shape index (κ2) is 9.79. The predicted molar refractivity (Wildman–Crippen MR) is 95.7 cm³/mol. The van der Waals surface area contributed by atoms with Crippen LogP contribution in [-0.2, 0) is 14.4 Å². The monoisotopic (exact) mass is 362 g/mol. The summed E-state index contributed by atoms with van der Waals surface area (Å²) in [5, 5.41) is 11.7. The standard InChI is InChI=1S/C19H26N2O5/c1-2-6-16(19(24)25)20-18(23)14-9-11-21(12-10-14)17(22)13-26-15-7-4-3-5-8-15/h3-5,7-8,14,16H,2,6,9-13H2,1H3,(H,20,23)(H,24,25). The molecule has 1 unspecified atom stereocenters. The van der Waals surface area contributed by atoms with E-state index in [0.717, 1.165) is 0 Å². The fourth-order valence-corrected chi connectivity index (χ4v) is 2.98. The predicted octanol–water partition coefficient (Wildman–Crippen LogP) is 1.67. The highest BCUT2D eigenvalue weighted by atomic mass is 16.5. The van der Waals surface area contributed by atoms with Gasteiger partial charge in [0.1, 0.15) is 11.8 Å². The van der Waals surface area contributed by atoms with Gasteiger partial charge < -0.3 is 20.1 Å². The number of hydrogen-bond acceptors (Lipinski definition) is 4. The maximum absolute atomic E-state index is 12.3. The molecule has 7 heteroatoms. The van der Waals surface area contributed by atoms with Gasteiger partial charge in [-0.3, -0.25) is 9.59 Å². The number of ether oxygens (including phenoxy) is 1. The van der Waals surface area contributed by atoms with Crippen molar-refractivity contribution in [2.75, 3.05) is 19.7 Å².